The Kier molecular flexibility index (Phi) is 16.7. The van der Waals surface area contributed by atoms with E-state index in [4.69, 9.17) is 10.5 Å². The van der Waals surface area contributed by atoms with Crippen molar-refractivity contribution >= 4 is 52.1 Å². The lowest BCUT2D eigenvalue weighted by atomic mass is 9.90. The summed E-state index contributed by atoms with van der Waals surface area (Å²) in [5, 5.41) is 9.01. The van der Waals surface area contributed by atoms with Crippen molar-refractivity contribution in [3.05, 3.63) is 95.9 Å². The van der Waals surface area contributed by atoms with Gasteiger partial charge >= 0.3 is 6.36 Å². The number of unbranched alkanes of at least 4 members (excludes halogenated alkanes) is 7. The van der Waals surface area contributed by atoms with Crippen molar-refractivity contribution in [2.75, 3.05) is 36.9 Å². The third kappa shape index (κ3) is 13.6. The summed E-state index contributed by atoms with van der Waals surface area (Å²) in [6.45, 7) is 2.02. The number of rotatable bonds is 23. The topological polar surface area (TPSA) is 200 Å². The zero-order valence-corrected chi connectivity index (χ0v) is 37.9. The van der Waals surface area contributed by atoms with Crippen molar-refractivity contribution in [3.63, 3.8) is 0 Å². The predicted octanol–water partition coefficient (Wildman–Crippen LogP) is 7.44. The number of benzene rings is 3. The van der Waals surface area contributed by atoms with E-state index in [0.29, 0.717) is 86.4 Å². The number of amides is 5. The molecule has 0 bridgehead atoms. The van der Waals surface area contributed by atoms with Crippen molar-refractivity contribution in [1.82, 2.24) is 30.5 Å². The fourth-order valence-electron chi connectivity index (χ4n) is 8.76. The second-order valence-electron chi connectivity index (χ2n) is 17.2. The predicted molar refractivity (Wildman–Crippen MR) is 250 cm³/mol. The Morgan fingerprint density at radius 3 is 2.32 bits per heavy atom. The first-order valence-electron chi connectivity index (χ1n) is 23.3. The van der Waals surface area contributed by atoms with Gasteiger partial charge in [0, 0.05) is 56.5 Å². The zero-order chi connectivity index (χ0) is 48.0. The van der Waals surface area contributed by atoms with E-state index in [1.54, 1.807) is 35.2 Å². The highest BCUT2D eigenvalue weighted by Gasteiger charge is 2.32. The number of halogens is 3. The van der Waals surface area contributed by atoms with Gasteiger partial charge < -0.3 is 35.3 Å². The largest absolute Gasteiger partial charge is 0.573 e. The first-order chi connectivity index (χ1) is 32.8. The third-order valence-corrected chi connectivity index (χ3v) is 12.2. The monoisotopic (exact) mass is 938 g/mol. The molecule has 1 fully saturated rings. The standard InChI is InChI=1S/C50H57F3N8O7/c51-50(52,53)68-38-12-9-11-33(27-38)28-45(65)61-26-22-36-29-35(16-20-41(36)61)40-30-60(48-46(40)47(54)57-32-58-48)25-10-24-55-42(62)13-7-5-3-1-2-4-6-8-23-56-44(64)31-67-37-17-14-34(15-18-37)39-19-21-43(63)59-49(39)66/h9,11-12,14-18,20,27,29-30,32,39H,1-8,10,13,19,21-26,28,31H2,(H,55,62)(H,56,64)(H2,54,57,58)(H,59,63,66). The summed E-state index contributed by atoms with van der Waals surface area (Å²) in [4.78, 5) is 72.1. The van der Waals surface area contributed by atoms with Gasteiger partial charge in [-0.05, 0) is 90.8 Å². The van der Waals surface area contributed by atoms with Crippen LogP contribution in [0.15, 0.2) is 79.3 Å². The van der Waals surface area contributed by atoms with Crippen LogP contribution in [0.1, 0.15) is 99.7 Å². The normalized spacial score (nSPS) is 14.7. The molecule has 0 saturated carbocycles. The highest BCUT2D eigenvalue weighted by Crippen LogP contribution is 2.38. The smallest absolute Gasteiger partial charge is 0.484 e. The van der Waals surface area contributed by atoms with E-state index in [9.17, 15) is 37.1 Å². The van der Waals surface area contributed by atoms with Gasteiger partial charge in [-0.1, -0.05) is 68.9 Å². The minimum Gasteiger partial charge on any atom is -0.484 e. The first kappa shape index (κ1) is 48.9. The molecule has 1 unspecified atom stereocenters. The molecule has 15 nitrogen and oxygen atoms in total. The second kappa shape index (κ2) is 23.2. The Hall–Kier alpha value is -6.98. The summed E-state index contributed by atoms with van der Waals surface area (Å²) in [7, 11) is 0. The highest BCUT2D eigenvalue weighted by atomic mass is 19.4. The lowest BCUT2D eigenvalue weighted by Crippen LogP contribution is -2.39. The molecule has 2 aliphatic heterocycles. The van der Waals surface area contributed by atoms with E-state index in [1.807, 2.05) is 29.0 Å². The Bertz CT molecular complexity index is 2580. The van der Waals surface area contributed by atoms with E-state index in [1.165, 1.54) is 24.5 Å². The maximum atomic E-state index is 13.3. The van der Waals surface area contributed by atoms with E-state index in [0.717, 1.165) is 79.3 Å². The molecule has 4 heterocycles. The number of aromatic nitrogens is 3. The number of fused-ring (bicyclic) bond motifs is 2. The number of nitrogens with two attached hydrogens (primary N) is 1. The number of aryl methyl sites for hydroxylation is 1. The van der Waals surface area contributed by atoms with E-state index in [2.05, 4.69) is 30.7 Å². The molecule has 2 aliphatic rings. The minimum atomic E-state index is -4.82. The van der Waals surface area contributed by atoms with Crippen molar-refractivity contribution in [2.45, 2.75) is 109 Å². The van der Waals surface area contributed by atoms with E-state index >= 15 is 0 Å². The molecule has 68 heavy (non-hydrogen) atoms. The summed E-state index contributed by atoms with van der Waals surface area (Å²) in [6.07, 6.45) is 9.10. The molecular formula is C50H57F3N8O7. The molecule has 1 atom stereocenters. The maximum Gasteiger partial charge on any atom is 0.573 e. The van der Waals surface area contributed by atoms with E-state index < -0.39 is 6.36 Å². The highest BCUT2D eigenvalue weighted by molar-refractivity contribution is 6.02. The number of anilines is 2. The average Bonchev–Trinajstić information content (AvgIpc) is 3.91. The van der Waals surface area contributed by atoms with Crippen LogP contribution in [-0.4, -0.2) is 76.7 Å². The number of nitrogen functional groups attached to an aromatic ring is 1. The van der Waals surface area contributed by atoms with Gasteiger partial charge in [-0.15, -0.1) is 13.2 Å². The lowest BCUT2D eigenvalue weighted by molar-refractivity contribution is -0.274. The van der Waals surface area contributed by atoms with E-state index in [-0.39, 0.29) is 54.2 Å². The van der Waals surface area contributed by atoms with Crippen LogP contribution >= 0.6 is 0 Å². The van der Waals surface area contributed by atoms with Crippen LogP contribution in [0, 0.1) is 0 Å². The number of hydrogen-bond acceptors (Lipinski definition) is 10. The molecule has 18 heteroatoms. The van der Waals surface area contributed by atoms with Crippen LogP contribution in [-0.2, 0) is 43.4 Å². The number of carbonyl (C=O) groups excluding carboxylic acids is 5. The molecule has 5 amide bonds. The third-order valence-electron chi connectivity index (χ3n) is 12.2. The molecule has 2 aromatic heterocycles. The van der Waals surface area contributed by atoms with Gasteiger partial charge in [-0.25, -0.2) is 9.97 Å². The van der Waals surface area contributed by atoms with Gasteiger partial charge in [0.25, 0.3) is 5.91 Å². The van der Waals surface area contributed by atoms with Crippen molar-refractivity contribution < 1.29 is 46.6 Å². The molecule has 3 aromatic carbocycles. The molecule has 360 valence electrons. The average molecular weight is 939 g/mol. The SMILES string of the molecule is Nc1ncnc2c1c(-c1ccc3c(c1)CCN3C(=O)Cc1cccc(OC(F)(F)F)c1)cn2CCCNC(=O)CCCCCCCCCCNC(=O)COc1ccc(C2CCC(=O)NC2=O)cc1. The number of nitrogens with one attached hydrogen (secondary N) is 3. The van der Waals surface area contributed by atoms with Gasteiger partial charge in [0.1, 0.15) is 29.3 Å². The summed E-state index contributed by atoms with van der Waals surface area (Å²) in [6, 6.07) is 18.3. The summed E-state index contributed by atoms with van der Waals surface area (Å²) in [5.41, 5.74) is 11.7. The fourth-order valence-corrected chi connectivity index (χ4v) is 8.76. The van der Waals surface area contributed by atoms with Gasteiger partial charge in [-0.3, -0.25) is 29.3 Å². The Morgan fingerprint density at radius 2 is 1.56 bits per heavy atom. The zero-order valence-electron chi connectivity index (χ0n) is 37.9. The molecular weight excluding hydrogens is 882 g/mol. The van der Waals surface area contributed by atoms with Crippen LogP contribution in [0.25, 0.3) is 22.2 Å². The molecule has 0 radical (unpaired) electrons. The lowest BCUT2D eigenvalue weighted by Gasteiger charge is -2.21. The van der Waals surface area contributed by atoms with Crippen molar-refractivity contribution in [2.24, 2.45) is 0 Å². The Labute approximate surface area is 392 Å². The molecule has 5 N–H and O–H groups in total. The van der Waals surface area contributed by atoms with Gasteiger partial charge in [0.2, 0.25) is 23.6 Å². The number of piperidine rings is 1. The fraction of sp³-hybridized carbons (Fsp3) is 0.420. The van der Waals surface area contributed by atoms with Gasteiger partial charge in [0.05, 0.1) is 17.7 Å². The number of carbonyl (C=O) groups is 5. The van der Waals surface area contributed by atoms with Crippen LogP contribution < -0.4 is 36.1 Å². The number of imide groups is 1. The quantitative estimate of drug-likeness (QED) is 0.0377. The summed E-state index contributed by atoms with van der Waals surface area (Å²) < 4.78 is 49.8. The van der Waals surface area contributed by atoms with Crippen molar-refractivity contribution in [1.29, 1.82) is 0 Å². The number of hydrogen-bond donors (Lipinski definition) is 4. The molecule has 5 aromatic rings. The van der Waals surface area contributed by atoms with Crippen LogP contribution in [0.4, 0.5) is 24.7 Å². The molecule has 0 spiro atoms. The van der Waals surface area contributed by atoms with Crippen molar-refractivity contribution in [3.8, 4) is 22.6 Å². The Morgan fingerprint density at radius 1 is 0.824 bits per heavy atom. The maximum absolute atomic E-state index is 13.3. The molecule has 1 saturated heterocycles. The summed E-state index contributed by atoms with van der Waals surface area (Å²) in [5.74, 6) is -0.800. The second-order valence-corrected chi connectivity index (χ2v) is 17.2. The van der Waals surface area contributed by atoms with Gasteiger partial charge in [-0.2, -0.15) is 0 Å². The van der Waals surface area contributed by atoms with Gasteiger partial charge in [0.15, 0.2) is 6.61 Å². The number of nitrogens with zero attached hydrogens (tertiary/aromatic N) is 4. The van der Waals surface area contributed by atoms with Crippen LogP contribution in [0.5, 0.6) is 11.5 Å². The molecule has 0 aliphatic carbocycles. The number of alkyl halides is 3. The van der Waals surface area contributed by atoms with Crippen LogP contribution in [0.3, 0.4) is 0 Å². The first-order valence-corrected chi connectivity index (χ1v) is 23.3. The minimum absolute atomic E-state index is 0.0272. The molecule has 7 rings (SSSR count). The number of ether oxygens (including phenoxy) is 2. The Balaban J connectivity index is 0.748. The van der Waals surface area contributed by atoms with Crippen LogP contribution in [0.2, 0.25) is 0 Å². The summed E-state index contributed by atoms with van der Waals surface area (Å²) >= 11 is 0.